The fourth-order valence-corrected chi connectivity index (χ4v) is 4.74. The standard InChI is InChI=1S/C27H39N3O6S/c1-7-20(2)28-27(32)21(3)29(19-22-11-8-13-24(17-22)35-4)26(31)15-10-16-30(37(6,33)34)23-12-9-14-25(18-23)36-5/h8-9,11-14,17-18,20-21H,7,10,15-16,19H2,1-6H3,(H,28,32)/t20-,21-/m1/s1. The summed E-state index contributed by atoms with van der Waals surface area (Å²) in [5.74, 6) is 0.713. The van der Waals surface area contributed by atoms with Gasteiger partial charge in [-0.2, -0.15) is 0 Å². The Hall–Kier alpha value is -3.27. The minimum atomic E-state index is -3.59. The highest BCUT2D eigenvalue weighted by atomic mass is 32.2. The summed E-state index contributed by atoms with van der Waals surface area (Å²) in [4.78, 5) is 27.8. The Morgan fingerprint density at radius 1 is 1.00 bits per heavy atom. The van der Waals surface area contributed by atoms with Crippen LogP contribution in [0.15, 0.2) is 48.5 Å². The zero-order valence-corrected chi connectivity index (χ0v) is 23.4. The van der Waals surface area contributed by atoms with Crippen LogP contribution >= 0.6 is 0 Å². The molecule has 0 spiro atoms. The average Bonchev–Trinajstić information content (AvgIpc) is 2.88. The monoisotopic (exact) mass is 533 g/mol. The molecule has 0 saturated heterocycles. The normalized spacial score (nSPS) is 12.8. The van der Waals surface area contributed by atoms with Crippen molar-refractivity contribution in [3.8, 4) is 11.5 Å². The van der Waals surface area contributed by atoms with Crippen LogP contribution in [0.4, 0.5) is 5.69 Å². The molecule has 0 unspecified atom stereocenters. The van der Waals surface area contributed by atoms with Gasteiger partial charge in [-0.3, -0.25) is 13.9 Å². The molecule has 0 bridgehead atoms. The van der Waals surface area contributed by atoms with E-state index in [0.717, 1.165) is 18.2 Å². The lowest BCUT2D eigenvalue weighted by molar-refractivity contribution is -0.140. The van der Waals surface area contributed by atoms with Crippen LogP contribution in [0.25, 0.3) is 0 Å². The van der Waals surface area contributed by atoms with Gasteiger partial charge in [0.1, 0.15) is 17.5 Å². The molecule has 0 heterocycles. The molecule has 37 heavy (non-hydrogen) atoms. The molecule has 2 amide bonds. The number of anilines is 1. The predicted molar refractivity (Wildman–Crippen MR) is 145 cm³/mol. The SMILES string of the molecule is CC[C@@H](C)NC(=O)[C@@H](C)N(Cc1cccc(OC)c1)C(=O)CCCN(c1cccc(OC)c1)S(C)(=O)=O. The van der Waals surface area contributed by atoms with Crippen molar-refractivity contribution in [2.75, 3.05) is 31.3 Å². The van der Waals surface area contributed by atoms with Crippen molar-refractivity contribution in [3.63, 3.8) is 0 Å². The third kappa shape index (κ3) is 8.96. The Bertz CT molecular complexity index is 1150. The van der Waals surface area contributed by atoms with E-state index in [4.69, 9.17) is 9.47 Å². The molecule has 0 aliphatic rings. The molecule has 2 atom stereocenters. The summed E-state index contributed by atoms with van der Waals surface area (Å²) in [6, 6.07) is 13.4. The summed E-state index contributed by atoms with van der Waals surface area (Å²) in [6.07, 6.45) is 2.25. The molecule has 2 rings (SSSR count). The first-order valence-electron chi connectivity index (χ1n) is 12.3. The highest BCUT2D eigenvalue weighted by Crippen LogP contribution is 2.24. The number of rotatable bonds is 14. The summed E-state index contributed by atoms with van der Waals surface area (Å²) >= 11 is 0. The van der Waals surface area contributed by atoms with E-state index < -0.39 is 16.1 Å². The molecule has 2 aromatic carbocycles. The summed E-state index contributed by atoms with van der Waals surface area (Å²) in [5, 5.41) is 2.94. The summed E-state index contributed by atoms with van der Waals surface area (Å²) in [7, 11) is -0.507. The van der Waals surface area contributed by atoms with Gasteiger partial charge in [0.2, 0.25) is 21.8 Å². The quantitative estimate of drug-likeness (QED) is 0.398. The van der Waals surface area contributed by atoms with Crippen molar-refractivity contribution >= 4 is 27.5 Å². The number of carbonyl (C=O) groups excluding carboxylic acids is 2. The smallest absolute Gasteiger partial charge is 0.242 e. The van der Waals surface area contributed by atoms with Gasteiger partial charge in [-0.25, -0.2) is 8.42 Å². The van der Waals surface area contributed by atoms with Crippen LogP contribution in [-0.2, 0) is 26.2 Å². The maximum atomic E-state index is 13.4. The average molecular weight is 534 g/mol. The third-order valence-electron chi connectivity index (χ3n) is 6.15. The van der Waals surface area contributed by atoms with Crippen LogP contribution in [0.3, 0.4) is 0 Å². The van der Waals surface area contributed by atoms with Crippen molar-refractivity contribution < 1.29 is 27.5 Å². The molecule has 0 aromatic heterocycles. The number of methoxy groups -OCH3 is 2. The maximum Gasteiger partial charge on any atom is 0.242 e. The molecular formula is C27H39N3O6S. The van der Waals surface area contributed by atoms with E-state index in [9.17, 15) is 18.0 Å². The minimum Gasteiger partial charge on any atom is -0.497 e. The summed E-state index contributed by atoms with van der Waals surface area (Å²) in [6.45, 7) is 5.92. The number of amides is 2. The molecule has 204 valence electrons. The summed E-state index contributed by atoms with van der Waals surface area (Å²) < 4.78 is 36.8. The Balaban J connectivity index is 2.20. The lowest BCUT2D eigenvalue weighted by Gasteiger charge is -2.30. The highest BCUT2D eigenvalue weighted by molar-refractivity contribution is 7.92. The number of benzene rings is 2. The van der Waals surface area contributed by atoms with Crippen LogP contribution in [0, 0.1) is 0 Å². The predicted octanol–water partition coefficient (Wildman–Crippen LogP) is 3.58. The van der Waals surface area contributed by atoms with Gasteiger partial charge in [-0.05, 0) is 56.5 Å². The number of carbonyl (C=O) groups is 2. The second kappa shape index (κ2) is 13.9. The Morgan fingerprint density at radius 3 is 2.22 bits per heavy atom. The van der Waals surface area contributed by atoms with E-state index in [0.29, 0.717) is 17.2 Å². The van der Waals surface area contributed by atoms with Crippen molar-refractivity contribution in [1.29, 1.82) is 0 Å². The van der Waals surface area contributed by atoms with Crippen LogP contribution in [0.5, 0.6) is 11.5 Å². The van der Waals surface area contributed by atoms with Gasteiger partial charge in [0.15, 0.2) is 0 Å². The van der Waals surface area contributed by atoms with Crippen LogP contribution in [0.2, 0.25) is 0 Å². The van der Waals surface area contributed by atoms with Crippen molar-refractivity contribution in [1.82, 2.24) is 10.2 Å². The first-order valence-corrected chi connectivity index (χ1v) is 14.2. The third-order valence-corrected chi connectivity index (χ3v) is 7.34. The van der Waals surface area contributed by atoms with E-state index >= 15 is 0 Å². The molecule has 0 radical (unpaired) electrons. The minimum absolute atomic E-state index is 0.0186. The molecule has 0 saturated carbocycles. The molecule has 2 aromatic rings. The van der Waals surface area contributed by atoms with Crippen molar-refractivity contribution in [2.24, 2.45) is 0 Å². The zero-order valence-electron chi connectivity index (χ0n) is 22.6. The lowest BCUT2D eigenvalue weighted by atomic mass is 10.1. The molecule has 0 aliphatic heterocycles. The highest BCUT2D eigenvalue weighted by Gasteiger charge is 2.27. The number of nitrogens with zero attached hydrogens (tertiary/aromatic N) is 2. The van der Waals surface area contributed by atoms with Crippen molar-refractivity contribution in [2.45, 2.75) is 58.7 Å². The number of sulfonamides is 1. The molecule has 10 heteroatoms. The lowest BCUT2D eigenvalue weighted by Crippen LogP contribution is -2.49. The van der Waals surface area contributed by atoms with Gasteiger partial charge in [0, 0.05) is 31.6 Å². The van der Waals surface area contributed by atoms with Gasteiger partial charge < -0.3 is 19.7 Å². The fourth-order valence-electron chi connectivity index (χ4n) is 3.79. The molecule has 9 nitrogen and oxygen atoms in total. The molecular weight excluding hydrogens is 494 g/mol. The van der Waals surface area contributed by atoms with Crippen LogP contribution in [0.1, 0.15) is 45.6 Å². The number of nitrogens with one attached hydrogen (secondary N) is 1. The number of ether oxygens (including phenoxy) is 2. The van der Waals surface area contributed by atoms with Crippen LogP contribution < -0.4 is 19.1 Å². The molecule has 0 aliphatic carbocycles. The largest absolute Gasteiger partial charge is 0.497 e. The van der Waals surface area contributed by atoms with E-state index in [1.807, 2.05) is 38.1 Å². The first-order chi connectivity index (χ1) is 17.5. The molecule has 1 N–H and O–H groups in total. The van der Waals surface area contributed by atoms with Gasteiger partial charge in [-0.15, -0.1) is 0 Å². The number of hydrogen-bond donors (Lipinski definition) is 1. The fraction of sp³-hybridized carbons (Fsp3) is 0.481. The van der Waals surface area contributed by atoms with Gasteiger partial charge in [0.05, 0.1) is 26.2 Å². The van der Waals surface area contributed by atoms with Gasteiger partial charge in [-0.1, -0.05) is 25.1 Å². The number of hydrogen-bond acceptors (Lipinski definition) is 6. The van der Waals surface area contributed by atoms with E-state index in [2.05, 4.69) is 5.32 Å². The Morgan fingerprint density at radius 2 is 1.62 bits per heavy atom. The molecule has 0 fully saturated rings. The van der Waals surface area contributed by atoms with Gasteiger partial charge >= 0.3 is 0 Å². The van der Waals surface area contributed by atoms with Crippen LogP contribution in [-0.4, -0.2) is 64.2 Å². The second-order valence-electron chi connectivity index (χ2n) is 9.01. The first kappa shape index (κ1) is 30.0. The Kier molecular flexibility index (Phi) is 11.2. The zero-order chi connectivity index (χ0) is 27.6. The van der Waals surface area contributed by atoms with E-state index in [-0.39, 0.29) is 43.8 Å². The second-order valence-corrected chi connectivity index (χ2v) is 10.9. The van der Waals surface area contributed by atoms with Gasteiger partial charge in [0.25, 0.3) is 0 Å². The topological polar surface area (TPSA) is 105 Å². The maximum absolute atomic E-state index is 13.4. The van der Waals surface area contributed by atoms with E-state index in [1.54, 1.807) is 38.3 Å². The van der Waals surface area contributed by atoms with Crippen molar-refractivity contribution in [3.05, 3.63) is 54.1 Å². The van der Waals surface area contributed by atoms with E-state index in [1.165, 1.54) is 16.3 Å². The summed E-state index contributed by atoms with van der Waals surface area (Å²) in [5.41, 5.74) is 1.29. The Labute approximate surface area is 220 Å².